The molecular weight excluding hydrogens is 739 g/mol. The molecule has 0 bridgehead atoms. The van der Waals surface area contributed by atoms with Crippen LogP contribution < -0.4 is 5.73 Å². The Balaban J connectivity index is 3.24. The summed E-state index contributed by atoms with van der Waals surface area (Å²) in [6, 6.07) is 2.22. The molecule has 0 aliphatic carbocycles. The number of nitrogens with two attached hydrogens (primary N) is 1. The number of aliphatic carboxylic acids is 1. The maximum atomic E-state index is 14.3. The summed E-state index contributed by atoms with van der Waals surface area (Å²) in [7, 11) is -2.29. The van der Waals surface area contributed by atoms with E-state index in [0.717, 1.165) is 40.0 Å². The third kappa shape index (κ3) is 15.5. The lowest BCUT2D eigenvalue weighted by atomic mass is 9.73. The number of hydrogen-bond acceptors (Lipinski definition) is 9. The van der Waals surface area contributed by atoms with Gasteiger partial charge in [0.25, 0.3) is 0 Å². The van der Waals surface area contributed by atoms with E-state index in [2.05, 4.69) is 11.1 Å². The molecule has 0 fully saturated rings. The molecule has 3 N–H and O–H groups in total. The van der Waals surface area contributed by atoms with E-state index < -0.39 is 54.4 Å². The second-order valence-electron chi connectivity index (χ2n) is 13.6. The highest BCUT2D eigenvalue weighted by Crippen LogP contribution is 2.38. The smallest absolute Gasteiger partial charge is 0.481 e. The van der Waals surface area contributed by atoms with Crippen LogP contribution >= 0.6 is 46.1 Å². The fourth-order valence-corrected chi connectivity index (χ4v) is 9.47. The minimum Gasteiger partial charge on any atom is -0.481 e. The van der Waals surface area contributed by atoms with Crippen molar-refractivity contribution in [3.8, 4) is 0 Å². The minimum atomic E-state index is -2.29. The number of carboxylic acid groups (broad SMARTS) is 1. The molecular formula is C36H57Cl3N2O7SSi. The van der Waals surface area contributed by atoms with Crippen molar-refractivity contribution in [1.29, 1.82) is 0 Å². The summed E-state index contributed by atoms with van der Waals surface area (Å²) in [5.74, 6) is -2.54. The van der Waals surface area contributed by atoms with Gasteiger partial charge in [0.15, 0.2) is 8.32 Å². The van der Waals surface area contributed by atoms with Gasteiger partial charge in [0.1, 0.15) is 18.5 Å². The van der Waals surface area contributed by atoms with Crippen LogP contribution in [0.2, 0.25) is 18.1 Å². The molecule has 1 aromatic rings. The van der Waals surface area contributed by atoms with Gasteiger partial charge < -0.3 is 24.7 Å². The summed E-state index contributed by atoms with van der Waals surface area (Å²) >= 11 is 18.9. The number of halogens is 3. The third-order valence-electron chi connectivity index (χ3n) is 9.36. The van der Waals surface area contributed by atoms with Gasteiger partial charge in [-0.2, -0.15) is 0 Å². The van der Waals surface area contributed by atoms with Gasteiger partial charge in [-0.25, -0.2) is 9.78 Å². The lowest BCUT2D eigenvalue weighted by molar-refractivity contribution is -0.146. The zero-order valence-corrected chi connectivity index (χ0v) is 35.3. The molecule has 0 spiro atoms. The van der Waals surface area contributed by atoms with E-state index in [-0.39, 0.29) is 24.2 Å². The Hall–Kier alpha value is -1.73. The van der Waals surface area contributed by atoms with Crippen LogP contribution in [-0.2, 0) is 23.5 Å². The molecule has 0 saturated heterocycles. The number of alkyl halides is 3. The first-order chi connectivity index (χ1) is 23.1. The predicted octanol–water partition coefficient (Wildman–Crippen LogP) is 10.1. The lowest BCUT2D eigenvalue weighted by Gasteiger charge is -2.42. The molecule has 0 amide bonds. The van der Waals surface area contributed by atoms with Crippen LogP contribution in [0.4, 0.5) is 4.79 Å². The fraction of sp³-hybridized carbons (Fsp3) is 0.667. The van der Waals surface area contributed by atoms with Crippen molar-refractivity contribution < 1.29 is 33.4 Å². The number of allylic oxidation sites excluding steroid dienone is 3. The van der Waals surface area contributed by atoms with Crippen LogP contribution in [0.5, 0.6) is 0 Å². The number of carboxylic acids is 1. The summed E-state index contributed by atoms with van der Waals surface area (Å²) in [4.78, 5) is 43.5. The van der Waals surface area contributed by atoms with Crippen LogP contribution in [-0.4, -0.2) is 65.0 Å². The second-order valence-corrected chi connectivity index (χ2v) is 21.9. The number of hydrogen-bond donors (Lipinski definition) is 2. The molecule has 1 aromatic heterocycles. The molecule has 284 valence electrons. The van der Waals surface area contributed by atoms with Gasteiger partial charge >= 0.3 is 12.1 Å². The van der Waals surface area contributed by atoms with E-state index in [9.17, 15) is 19.5 Å². The van der Waals surface area contributed by atoms with Gasteiger partial charge in [-0.15, -0.1) is 11.3 Å². The monoisotopic (exact) mass is 794 g/mol. The highest BCUT2D eigenvalue weighted by Gasteiger charge is 2.47. The molecule has 1 heterocycles. The first-order valence-corrected chi connectivity index (χ1v) is 21.7. The first kappa shape index (κ1) is 46.3. The summed E-state index contributed by atoms with van der Waals surface area (Å²) in [5, 5.41) is 12.8. The van der Waals surface area contributed by atoms with E-state index in [4.69, 9.17) is 54.4 Å². The maximum absolute atomic E-state index is 14.3. The number of thiazole rings is 1. The number of carbonyl (C=O) groups excluding carboxylic acids is 2. The van der Waals surface area contributed by atoms with Crippen molar-refractivity contribution >= 4 is 78.4 Å². The number of rotatable bonds is 21. The van der Waals surface area contributed by atoms with Gasteiger partial charge in [0.05, 0.1) is 29.1 Å². The van der Waals surface area contributed by atoms with Crippen LogP contribution in [0, 0.1) is 24.2 Å². The summed E-state index contributed by atoms with van der Waals surface area (Å²) < 4.78 is 15.6. The van der Waals surface area contributed by atoms with Gasteiger partial charge in [0.2, 0.25) is 3.79 Å². The van der Waals surface area contributed by atoms with Crippen LogP contribution in [0.25, 0.3) is 6.08 Å². The Bertz CT molecular complexity index is 1350. The molecule has 0 radical (unpaired) electrons. The number of Topliss-reactive ketones (excluding diaryl/α,β-unsaturated/α-hetero) is 1. The standard InChI is InChI=1S/C36H57Cl3N2O7SSi/c1-11-50(12-2,13-3)48-30(20-31(42)43)35(9,10)33(44)26(7)32(47-34(45)46-22-36(37,38)39)24(5)16-14-15-23(4)17-18-29(40)25(6)19-28-21-49-27(8)41-28/h14-15,17,19,21,24,26,29-30,32H,11-13,16,18,20,22,40H2,1-10H3,(H,42,43)/b15-14+,23-17-,25-19+/t24-,26+,29-,30-,32-/m0/s1. The fourth-order valence-electron chi connectivity index (χ4n) is 5.75. The van der Waals surface area contributed by atoms with Crippen molar-refractivity contribution in [3.63, 3.8) is 0 Å². The Morgan fingerprint density at radius 1 is 1.08 bits per heavy atom. The number of nitrogens with zero attached hydrogens (tertiary/aromatic N) is 1. The van der Waals surface area contributed by atoms with E-state index in [1.165, 1.54) is 0 Å². The normalized spacial score (nSPS) is 16.5. The topological polar surface area (TPSA) is 138 Å². The third-order valence-corrected chi connectivity index (χ3v) is 15.1. The Labute approximate surface area is 319 Å². The quantitative estimate of drug-likeness (QED) is 0.0539. The van der Waals surface area contributed by atoms with Crippen molar-refractivity contribution in [3.05, 3.63) is 45.5 Å². The molecule has 14 heteroatoms. The SMILES string of the molecule is CC[Si](CC)(CC)O[C@@H](CC(=O)O)C(C)(C)C(=O)[C@H](C)[C@@H](OC(=O)OCC(Cl)(Cl)Cl)[C@@H](C)C/C=C/C(C)=C\C[C@H](N)/C(C)=C/c1csc(C)n1. The van der Waals surface area contributed by atoms with E-state index in [1.807, 2.05) is 72.1 Å². The predicted molar refractivity (Wildman–Crippen MR) is 209 cm³/mol. The van der Waals surface area contributed by atoms with Crippen molar-refractivity contribution in [2.24, 2.45) is 23.0 Å². The summed E-state index contributed by atoms with van der Waals surface area (Å²) in [6.45, 7) is 18.5. The number of ketones is 1. The van der Waals surface area contributed by atoms with E-state index >= 15 is 0 Å². The molecule has 0 unspecified atom stereocenters. The Morgan fingerprint density at radius 2 is 1.68 bits per heavy atom. The van der Waals surface area contributed by atoms with Gasteiger partial charge in [-0.05, 0) is 63.7 Å². The van der Waals surface area contributed by atoms with Crippen molar-refractivity contribution in [2.75, 3.05) is 6.61 Å². The first-order valence-electron chi connectivity index (χ1n) is 17.1. The number of ether oxygens (including phenoxy) is 2. The Kier molecular flexibility index (Phi) is 19.5. The average molecular weight is 796 g/mol. The highest BCUT2D eigenvalue weighted by molar-refractivity contribution is 7.09. The molecule has 0 aliphatic heterocycles. The summed E-state index contributed by atoms with van der Waals surface area (Å²) in [6.07, 6.45) is 5.85. The molecule has 5 atom stereocenters. The number of carbonyl (C=O) groups is 3. The largest absolute Gasteiger partial charge is 0.508 e. The minimum absolute atomic E-state index is 0.167. The van der Waals surface area contributed by atoms with E-state index in [0.29, 0.717) is 12.8 Å². The molecule has 0 aromatic carbocycles. The van der Waals surface area contributed by atoms with Crippen LogP contribution in [0.15, 0.2) is 34.8 Å². The van der Waals surface area contributed by atoms with Crippen LogP contribution in [0.1, 0.15) is 92.3 Å². The summed E-state index contributed by atoms with van der Waals surface area (Å²) in [5.41, 5.74) is 8.14. The lowest BCUT2D eigenvalue weighted by Crippen LogP contribution is -2.51. The average Bonchev–Trinajstić information content (AvgIpc) is 3.45. The van der Waals surface area contributed by atoms with Gasteiger partial charge in [-0.1, -0.05) is 113 Å². The Morgan fingerprint density at radius 3 is 2.18 bits per heavy atom. The zero-order valence-electron chi connectivity index (χ0n) is 31.2. The second kappa shape index (κ2) is 21.1. The number of aromatic nitrogens is 1. The van der Waals surface area contributed by atoms with Crippen molar-refractivity contribution in [2.45, 2.75) is 129 Å². The van der Waals surface area contributed by atoms with Crippen molar-refractivity contribution in [1.82, 2.24) is 4.98 Å². The molecule has 0 saturated carbocycles. The molecule has 1 rings (SSSR count). The highest BCUT2D eigenvalue weighted by atomic mass is 35.6. The number of aryl methyl sites for hydroxylation is 1. The zero-order chi connectivity index (χ0) is 38.4. The van der Waals surface area contributed by atoms with Crippen LogP contribution in [0.3, 0.4) is 0 Å². The van der Waals surface area contributed by atoms with E-state index in [1.54, 1.807) is 32.1 Å². The molecule has 0 aliphatic rings. The molecule has 9 nitrogen and oxygen atoms in total. The molecule has 50 heavy (non-hydrogen) atoms. The van der Waals surface area contributed by atoms with Gasteiger partial charge in [0, 0.05) is 16.8 Å². The maximum Gasteiger partial charge on any atom is 0.508 e. The van der Waals surface area contributed by atoms with Gasteiger partial charge in [-0.3, -0.25) is 9.59 Å².